The molecule has 0 unspecified atom stereocenters. The third-order valence-electron chi connectivity index (χ3n) is 1.90. The molecule has 3 heteroatoms. The van der Waals surface area contributed by atoms with Gasteiger partial charge in [-0.25, -0.2) is 0 Å². The number of carbonyl (C=O) groups excluding carboxylic acids is 1. The van der Waals surface area contributed by atoms with Gasteiger partial charge in [0.25, 0.3) is 0 Å². The summed E-state index contributed by atoms with van der Waals surface area (Å²) in [5, 5.41) is 0. The summed E-state index contributed by atoms with van der Waals surface area (Å²) >= 11 is 0. The highest BCUT2D eigenvalue weighted by atomic mass is 16.5. The van der Waals surface area contributed by atoms with Crippen LogP contribution in [0.25, 0.3) is 0 Å². The molecule has 0 bridgehead atoms. The molecule has 0 aromatic heterocycles. The molecule has 1 aromatic rings. The predicted octanol–water partition coefficient (Wildman–Crippen LogP) is 1.04. The number of aryl methyl sites for hydroxylation is 1. The summed E-state index contributed by atoms with van der Waals surface area (Å²) < 4.78 is 5.05. The maximum Gasteiger partial charge on any atom is 0.243 e. The van der Waals surface area contributed by atoms with Crippen LogP contribution in [0.3, 0.4) is 0 Å². The molecule has 0 radical (unpaired) electrons. The molecule has 0 heterocycles. The molecule has 0 aliphatic carbocycles. The zero-order chi connectivity index (χ0) is 10.4. The monoisotopic (exact) mass is 193 g/mol. The fourth-order valence-electron chi connectivity index (χ4n) is 1.12. The molecule has 0 aliphatic heterocycles. The standard InChI is InChI=1S/C11H15NO2/c1-9-2-4-10(5-3-9)6-7-14-8-11(12)13/h2-5H,6-8H2,1H3,(H2,12,13). The smallest absolute Gasteiger partial charge is 0.243 e. The normalized spacial score (nSPS) is 10.1. The summed E-state index contributed by atoms with van der Waals surface area (Å²) in [5.41, 5.74) is 7.38. The van der Waals surface area contributed by atoms with Crippen LogP contribution in [0.4, 0.5) is 0 Å². The first-order valence-electron chi connectivity index (χ1n) is 4.60. The number of carbonyl (C=O) groups is 1. The topological polar surface area (TPSA) is 52.3 Å². The van der Waals surface area contributed by atoms with Crippen molar-refractivity contribution in [3.05, 3.63) is 35.4 Å². The van der Waals surface area contributed by atoms with Crippen LogP contribution < -0.4 is 5.73 Å². The van der Waals surface area contributed by atoms with Gasteiger partial charge in [0.2, 0.25) is 5.91 Å². The van der Waals surface area contributed by atoms with Crippen molar-refractivity contribution in [2.45, 2.75) is 13.3 Å². The fourth-order valence-corrected chi connectivity index (χ4v) is 1.12. The number of hydrogen-bond acceptors (Lipinski definition) is 2. The maximum atomic E-state index is 10.4. The molecule has 0 saturated carbocycles. The van der Waals surface area contributed by atoms with Gasteiger partial charge in [-0.3, -0.25) is 4.79 Å². The van der Waals surface area contributed by atoms with Crippen LogP contribution in [0.15, 0.2) is 24.3 Å². The van der Waals surface area contributed by atoms with E-state index in [1.54, 1.807) is 0 Å². The van der Waals surface area contributed by atoms with E-state index in [2.05, 4.69) is 24.3 Å². The molecular formula is C11H15NO2. The van der Waals surface area contributed by atoms with Gasteiger partial charge in [0.05, 0.1) is 6.61 Å². The molecule has 1 amide bonds. The number of nitrogens with two attached hydrogens (primary N) is 1. The third-order valence-corrected chi connectivity index (χ3v) is 1.90. The Hall–Kier alpha value is -1.35. The predicted molar refractivity (Wildman–Crippen MR) is 54.9 cm³/mol. The Balaban J connectivity index is 2.25. The molecule has 76 valence electrons. The number of amides is 1. The number of hydrogen-bond donors (Lipinski definition) is 1. The van der Waals surface area contributed by atoms with Crippen molar-refractivity contribution in [1.82, 2.24) is 0 Å². The Morgan fingerprint density at radius 3 is 2.57 bits per heavy atom. The molecule has 1 aromatic carbocycles. The Kier molecular flexibility index (Phi) is 4.13. The zero-order valence-electron chi connectivity index (χ0n) is 8.32. The molecule has 0 atom stereocenters. The van der Waals surface area contributed by atoms with Crippen molar-refractivity contribution in [3.8, 4) is 0 Å². The second-order valence-corrected chi connectivity index (χ2v) is 3.25. The van der Waals surface area contributed by atoms with Gasteiger partial charge in [-0.2, -0.15) is 0 Å². The molecule has 0 saturated heterocycles. The van der Waals surface area contributed by atoms with E-state index in [0.717, 1.165) is 6.42 Å². The van der Waals surface area contributed by atoms with Crippen molar-refractivity contribution < 1.29 is 9.53 Å². The molecule has 0 spiro atoms. The minimum Gasteiger partial charge on any atom is -0.371 e. The Bertz CT molecular complexity index is 293. The van der Waals surface area contributed by atoms with Crippen molar-refractivity contribution in [1.29, 1.82) is 0 Å². The van der Waals surface area contributed by atoms with E-state index in [-0.39, 0.29) is 6.61 Å². The van der Waals surface area contributed by atoms with Gasteiger partial charge in [-0.15, -0.1) is 0 Å². The van der Waals surface area contributed by atoms with Crippen LogP contribution in [0.1, 0.15) is 11.1 Å². The highest BCUT2D eigenvalue weighted by Gasteiger charge is 1.95. The van der Waals surface area contributed by atoms with Crippen LogP contribution in [-0.2, 0) is 16.0 Å². The van der Waals surface area contributed by atoms with Gasteiger partial charge in [0.1, 0.15) is 6.61 Å². The van der Waals surface area contributed by atoms with Gasteiger partial charge in [-0.05, 0) is 18.9 Å². The fraction of sp³-hybridized carbons (Fsp3) is 0.364. The first-order valence-corrected chi connectivity index (χ1v) is 4.60. The number of benzene rings is 1. The summed E-state index contributed by atoms with van der Waals surface area (Å²) in [5.74, 6) is -0.422. The van der Waals surface area contributed by atoms with Crippen molar-refractivity contribution in [2.24, 2.45) is 5.73 Å². The van der Waals surface area contributed by atoms with Crippen LogP contribution in [0, 0.1) is 6.92 Å². The Labute approximate surface area is 83.9 Å². The van der Waals surface area contributed by atoms with Gasteiger partial charge in [0, 0.05) is 0 Å². The number of rotatable bonds is 5. The molecule has 2 N–H and O–H groups in total. The molecule has 1 rings (SSSR count). The van der Waals surface area contributed by atoms with Crippen LogP contribution in [0.5, 0.6) is 0 Å². The molecule has 0 fully saturated rings. The Morgan fingerprint density at radius 1 is 1.36 bits per heavy atom. The van der Waals surface area contributed by atoms with Crippen molar-refractivity contribution in [3.63, 3.8) is 0 Å². The summed E-state index contributed by atoms with van der Waals surface area (Å²) in [6.45, 7) is 2.59. The highest BCUT2D eigenvalue weighted by molar-refractivity contribution is 5.74. The van der Waals surface area contributed by atoms with E-state index in [1.165, 1.54) is 11.1 Å². The quantitative estimate of drug-likeness (QED) is 0.710. The van der Waals surface area contributed by atoms with E-state index in [1.807, 2.05) is 6.92 Å². The Morgan fingerprint density at radius 2 is 2.00 bits per heavy atom. The number of ether oxygens (including phenoxy) is 1. The van der Waals surface area contributed by atoms with Crippen LogP contribution >= 0.6 is 0 Å². The molecule has 3 nitrogen and oxygen atoms in total. The van der Waals surface area contributed by atoms with E-state index in [0.29, 0.717) is 6.61 Å². The molecular weight excluding hydrogens is 178 g/mol. The van der Waals surface area contributed by atoms with Crippen LogP contribution in [-0.4, -0.2) is 19.1 Å². The van der Waals surface area contributed by atoms with Gasteiger partial charge in [0.15, 0.2) is 0 Å². The van der Waals surface area contributed by atoms with E-state index < -0.39 is 5.91 Å². The first kappa shape index (κ1) is 10.7. The second kappa shape index (κ2) is 5.40. The van der Waals surface area contributed by atoms with E-state index >= 15 is 0 Å². The largest absolute Gasteiger partial charge is 0.371 e. The lowest BCUT2D eigenvalue weighted by Gasteiger charge is -2.02. The van der Waals surface area contributed by atoms with Gasteiger partial charge < -0.3 is 10.5 Å². The number of primary amides is 1. The van der Waals surface area contributed by atoms with Crippen molar-refractivity contribution in [2.75, 3.05) is 13.2 Å². The minimum absolute atomic E-state index is 0.00581. The lowest BCUT2D eigenvalue weighted by atomic mass is 10.1. The average Bonchev–Trinajstić information content (AvgIpc) is 2.15. The summed E-state index contributed by atoms with van der Waals surface area (Å²) in [4.78, 5) is 10.4. The average molecular weight is 193 g/mol. The SMILES string of the molecule is Cc1ccc(CCOCC(N)=O)cc1. The summed E-state index contributed by atoms with van der Waals surface area (Å²) in [6, 6.07) is 8.23. The van der Waals surface area contributed by atoms with Crippen molar-refractivity contribution >= 4 is 5.91 Å². The van der Waals surface area contributed by atoms with Crippen LogP contribution in [0.2, 0.25) is 0 Å². The third kappa shape index (κ3) is 4.05. The summed E-state index contributed by atoms with van der Waals surface area (Å²) in [7, 11) is 0. The first-order chi connectivity index (χ1) is 6.68. The summed E-state index contributed by atoms with van der Waals surface area (Å²) in [6.07, 6.45) is 0.813. The van der Waals surface area contributed by atoms with E-state index in [4.69, 9.17) is 10.5 Å². The lowest BCUT2D eigenvalue weighted by molar-refractivity contribution is -0.122. The second-order valence-electron chi connectivity index (χ2n) is 3.25. The lowest BCUT2D eigenvalue weighted by Crippen LogP contribution is -2.18. The zero-order valence-corrected chi connectivity index (χ0v) is 8.32. The molecule has 0 aliphatic rings. The maximum absolute atomic E-state index is 10.4. The van der Waals surface area contributed by atoms with Gasteiger partial charge >= 0.3 is 0 Å². The molecule has 14 heavy (non-hydrogen) atoms. The van der Waals surface area contributed by atoms with Gasteiger partial charge in [-0.1, -0.05) is 29.8 Å². The van der Waals surface area contributed by atoms with E-state index in [9.17, 15) is 4.79 Å². The minimum atomic E-state index is -0.422. The highest BCUT2D eigenvalue weighted by Crippen LogP contribution is 2.03.